The Kier molecular flexibility index (Phi) is 19.2. The molecule has 0 aliphatic carbocycles. The number of aliphatic carboxylic acids is 1. The molecule has 0 radical (unpaired) electrons. The van der Waals surface area contributed by atoms with Gasteiger partial charge in [-0.05, 0) is 71.8 Å². The molecule has 83 heavy (non-hydrogen) atoms. The maximum Gasteiger partial charge on any atom is 0.402 e. The first-order valence-corrected chi connectivity index (χ1v) is 24.9. The second kappa shape index (κ2) is 26.2. The molecule has 4 heterocycles. The van der Waals surface area contributed by atoms with Crippen molar-refractivity contribution in [1.29, 1.82) is 0 Å². The normalized spacial score (nSPS) is 28.2. The Labute approximate surface area is 466 Å². The van der Waals surface area contributed by atoms with Gasteiger partial charge in [-0.3, -0.25) is 4.79 Å². The van der Waals surface area contributed by atoms with Gasteiger partial charge in [-0.1, -0.05) is 12.1 Å². The summed E-state index contributed by atoms with van der Waals surface area (Å²) >= 11 is 0. The lowest BCUT2D eigenvalue weighted by atomic mass is 9.97. The fourth-order valence-corrected chi connectivity index (χ4v) is 8.56. The van der Waals surface area contributed by atoms with Crippen LogP contribution in [0.1, 0.15) is 17.5 Å². The lowest BCUT2D eigenvalue weighted by Crippen LogP contribution is -2.65. The van der Waals surface area contributed by atoms with Crippen LogP contribution in [-0.2, 0) is 52.3 Å². The van der Waals surface area contributed by atoms with E-state index in [9.17, 15) is 95.8 Å². The third-order valence-electron chi connectivity index (χ3n) is 13.0. The summed E-state index contributed by atoms with van der Waals surface area (Å²) in [6.07, 6.45) is -26.8. The zero-order chi connectivity index (χ0) is 60.0. The molecule has 0 saturated carbocycles. The minimum atomic E-state index is -2.20. The summed E-state index contributed by atoms with van der Waals surface area (Å²) in [5.74, 6) is -8.89. The number of carbonyl (C=O) groups excluding carboxylic acids is 4. The molecule has 4 aromatic carbocycles. The minimum Gasteiger partial charge on any atom is -0.550 e. The lowest BCUT2D eigenvalue weighted by Gasteiger charge is -2.45. The van der Waals surface area contributed by atoms with Gasteiger partial charge in [0, 0.05) is 24.3 Å². The van der Waals surface area contributed by atoms with E-state index in [-0.39, 0.29) is 39.2 Å². The molecule has 0 spiro atoms. The molecule has 3 saturated heterocycles. The number of aromatic hydroxyl groups is 6. The van der Waals surface area contributed by atoms with E-state index in [0.29, 0.717) is 0 Å². The average Bonchev–Trinajstić information content (AvgIpc) is 2.87. The van der Waals surface area contributed by atoms with Gasteiger partial charge in [0.05, 0.1) is 24.0 Å². The quantitative estimate of drug-likeness (QED) is 0.0106. The summed E-state index contributed by atoms with van der Waals surface area (Å²) in [4.78, 5) is 48.6. The first kappa shape index (κ1) is 60.7. The summed E-state index contributed by atoms with van der Waals surface area (Å²) in [6, 6.07) is 15.7. The molecule has 3 aliphatic heterocycles. The number of ether oxygens (including phenoxy) is 9. The van der Waals surface area contributed by atoms with Crippen LogP contribution in [0.4, 0.5) is 0 Å². The van der Waals surface area contributed by atoms with Gasteiger partial charge in [0.15, 0.2) is 35.4 Å². The van der Waals surface area contributed by atoms with Crippen molar-refractivity contribution in [2.45, 2.75) is 98.5 Å². The maximum absolute atomic E-state index is 13.0. The standard InChI is InChI=1S/C54H54O29/c55-25-7-5-24(6-8-25)50-34(17-27-32(77-50)15-26(56)16-33(27)78-52-48(72)45(69)43(67)36(80-52)21-76-41(65)18-38(61)62)79-54-51(47(71)44(68)37(82-54)20-75-40(64)12-4-23-2-10-29(58)31(60)14-23)83-53-49(73)46(70)42(66)35(81-53)19-74-39(63)11-3-22-1-9-28(57)30(59)13-22/h1-17,35-37,42-49,51-54,66-73H,18-21H2,(H6-,55,56,57,58,59,60,61,62,63,64)/t35-,36-,37-,42-,43-,44-,45+,46+,47+,48-,49-,51-,52-,53+,54-/m1/s1. The number of carbonyl (C=O) groups is 4. The molecule has 3 aliphatic rings. The van der Waals surface area contributed by atoms with E-state index in [1.165, 1.54) is 54.6 Å². The van der Waals surface area contributed by atoms with Crippen molar-refractivity contribution < 1.29 is 143 Å². The largest absolute Gasteiger partial charge is 0.550 e. The van der Waals surface area contributed by atoms with Crippen molar-refractivity contribution in [3.63, 3.8) is 0 Å². The van der Waals surface area contributed by atoms with Gasteiger partial charge in [-0.25, -0.2) is 14.0 Å². The van der Waals surface area contributed by atoms with Crippen LogP contribution >= 0.6 is 0 Å². The van der Waals surface area contributed by atoms with Gasteiger partial charge in [0.2, 0.25) is 18.3 Å². The Morgan fingerprint density at radius 1 is 0.506 bits per heavy atom. The van der Waals surface area contributed by atoms with Crippen molar-refractivity contribution >= 4 is 47.0 Å². The number of hydrogen-bond acceptors (Lipinski definition) is 28. The second-order valence-electron chi connectivity index (χ2n) is 18.9. The maximum atomic E-state index is 13.0. The predicted octanol–water partition coefficient (Wildman–Crippen LogP) is -1.98. The first-order chi connectivity index (χ1) is 39.4. The van der Waals surface area contributed by atoms with Crippen molar-refractivity contribution in [2.75, 3.05) is 19.8 Å². The van der Waals surface area contributed by atoms with Gasteiger partial charge in [-0.15, -0.1) is 0 Å². The Balaban J connectivity index is 1.12. The van der Waals surface area contributed by atoms with Crippen LogP contribution in [0.15, 0.2) is 95.4 Å². The van der Waals surface area contributed by atoms with Crippen LogP contribution in [0.2, 0.25) is 0 Å². The number of carboxylic acid groups (broad SMARTS) is 1. The zero-order valence-corrected chi connectivity index (χ0v) is 42.7. The van der Waals surface area contributed by atoms with E-state index >= 15 is 0 Å². The SMILES string of the molecule is O=C([O-])CC(=O)OC[C@H]1O[C@@H](Oc2cc(O)cc3[o+]c(-c4ccc(O)cc4)c(O[C@@H]4O[C@H](COC(=O)/C=C/c5ccc(O)c(O)c5)[C@@H](O)[C@H](O)[C@H]4O[C@@H]4O[C@H](COC(=O)/C=C/c5ccc(O)c(O)c5)[C@@H](O)[C@H](O)[C@H]4O)cc23)[C@H](O)[C@@H](O)[C@@H]1O. The average molecular weight is 1170 g/mol. The number of aliphatic hydroxyl groups excluding tert-OH is 8. The molecule has 15 atom stereocenters. The summed E-state index contributed by atoms with van der Waals surface area (Å²) in [6.45, 7) is -2.52. The molecule has 29 nitrogen and oxygen atoms in total. The van der Waals surface area contributed by atoms with Crippen LogP contribution in [0.5, 0.6) is 46.0 Å². The molecule has 3 fully saturated rings. The summed E-state index contributed by atoms with van der Waals surface area (Å²) in [5, 5.41) is 160. The molecule has 14 N–H and O–H groups in total. The van der Waals surface area contributed by atoms with Crippen LogP contribution in [-0.4, -0.2) is 207 Å². The van der Waals surface area contributed by atoms with E-state index in [4.69, 9.17) is 47.0 Å². The highest BCUT2D eigenvalue weighted by Crippen LogP contribution is 2.43. The molecular formula is C54H54O29. The molecule has 5 aromatic rings. The monoisotopic (exact) mass is 1170 g/mol. The van der Waals surface area contributed by atoms with Crippen LogP contribution in [0.25, 0.3) is 34.4 Å². The van der Waals surface area contributed by atoms with E-state index in [1.54, 1.807) is 0 Å². The third kappa shape index (κ3) is 14.6. The van der Waals surface area contributed by atoms with Crippen LogP contribution in [0, 0.1) is 0 Å². The molecule has 0 bridgehead atoms. The van der Waals surface area contributed by atoms with Crippen LogP contribution < -0.4 is 14.6 Å². The number of benzene rings is 4. The summed E-state index contributed by atoms with van der Waals surface area (Å²) < 4.78 is 57.6. The number of phenolic OH excluding ortho intramolecular Hbond substituents is 6. The zero-order valence-electron chi connectivity index (χ0n) is 42.7. The highest BCUT2D eigenvalue weighted by Gasteiger charge is 2.53. The third-order valence-corrected chi connectivity index (χ3v) is 13.0. The number of fused-ring (bicyclic) bond motifs is 1. The van der Waals surface area contributed by atoms with Gasteiger partial charge < -0.3 is 124 Å². The highest BCUT2D eigenvalue weighted by molar-refractivity contribution is 5.90. The number of hydrogen-bond donors (Lipinski definition) is 14. The lowest BCUT2D eigenvalue weighted by molar-refractivity contribution is -0.358. The van der Waals surface area contributed by atoms with Crippen LogP contribution in [0.3, 0.4) is 0 Å². The second-order valence-corrected chi connectivity index (χ2v) is 18.9. The highest BCUT2D eigenvalue weighted by atomic mass is 16.8. The predicted molar refractivity (Wildman–Crippen MR) is 270 cm³/mol. The topological polar surface area (TPSA) is 469 Å². The van der Waals surface area contributed by atoms with E-state index in [2.05, 4.69) is 0 Å². The van der Waals surface area contributed by atoms with Gasteiger partial charge in [0.1, 0.15) is 110 Å². The number of esters is 3. The fraction of sp³-hybridized carbons (Fsp3) is 0.352. The van der Waals surface area contributed by atoms with Gasteiger partial charge in [0.25, 0.3) is 0 Å². The Morgan fingerprint density at radius 3 is 1.54 bits per heavy atom. The Hall–Kier alpha value is -8.43. The Morgan fingerprint density at radius 2 is 1.00 bits per heavy atom. The van der Waals surface area contributed by atoms with Gasteiger partial charge in [-0.2, -0.15) is 0 Å². The summed E-state index contributed by atoms with van der Waals surface area (Å²) in [5.41, 5.74) is 0.404. The molecule has 0 amide bonds. The summed E-state index contributed by atoms with van der Waals surface area (Å²) in [7, 11) is 0. The molecule has 8 rings (SSSR count). The molecule has 29 heteroatoms. The van der Waals surface area contributed by atoms with Crippen molar-refractivity contribution in [1.82, 2.24) is 0 Å². The van der Waals surface area contributed by atoms with Crippen molar-refractivity contribution in [2.24, 2.45) is 0 Å². The van der Waals surface area contributed by atoms with E-state index in [0.717, 1.165) is 48.6 Å². The molecular weight excluding hydrogens is 1110 g/mol. The van der Waals surface area contributed by atoms with Crippen molar-refractivity contribution in [3.8, 4) is 57.3 Å². The number of carboxylic acids is 1. The molecule has 1 aromatic heterocycles. The number of phenols is 6. The number of rotatable bonds is 19. The van der Waals surface area contributed by atoms with E-state index in [1.807, 2.05) is 0 Å². The van der Waals surface area contributed by atoms with Gasteiger partial charge >= 0.3 is 29.3 Å². The fourth-order valence-electron chi connectivity index (χ4n) is 8.56. The molecule has 444 valence electrons. The first-order valence-electron chi connectivity index (χ1n) is 24.9. The smallest absolute Gasteiger partial charge is 0.402 e. The molecule has 0 unspecified atom stereocenters. The number of aliphatic hydroxyl groups is 8. The minimum absolute atomic E-state index is 0.120. The van der Waals surface area contributed by atoms with Crippen molar-refractivity contribution in [3.05, 3.63) is 102 Å². The Bertz CT molecular complexity index is 3200. The van der Waals surface area contributed by atoms with E-state index < -0.39 is 182 Å².